The van der Waals surface area contributed by atoms with Crippen LogP contribution in [0.15, 0.2) is 12.1 Å². The van der Waals surface area contributed by atoms with Crippen molar-refractivity contribution in [2.24, 2.45) is 0 Å². The Kier molecular flexibility index (Phi) is 6.71. The van der Waals surface area contributed by atoms with Crippen molar-refractivity contribution >= 4 is 31.8 Å². The molecule has 0 fully saturated rings. The monoisotopic (exact) mass is 448 g/mol. The molecule has 1 aliphatic carbocycles. The molecule has 0 N–H and O–H groups in total. The molecule has 2 rings (SSSR count). The molecule has 0 saturated heterocycles. The summed E-state index contributed by atoms with van der Waals surface area (Å²) < 4.78 is 7.62. The van der Waals surface area contributed by atoms with Gasteiger partial charge in [0.1, 0.15) is 0 Å². The van der Waals surface area contributed by atoms with Crippen LogP contribution in [0.1, 0.15) is 84.3 Å². The Hall–Kier alpha value is 0.0590. The van der Waals surface area contributed by atoms with E-state index in [1.54, 1.807) is 5.56 Å². The summed E-state index contributed by atoms with van der Waals surface area (Å²) in [5.41, 5.74) is 3.62. The van der Waals surface area contributed by atoms with E-state index in [0.29, 0.717) is 13.1 Å². The maximum absolute atomic E-state index is 6.21. The average Bonchev–Trinajstić information content (AvgIpc) is 2.51. The molecule has 0 radical (unpaired) electrons. The molecular weight excluding hydrogens is 414 g/mol. The first-order valence-electron chi connectivity index (χ1n) is 8.95. The van der Waals surface area contributed by atoms with Crippen LogP contribution >= 0.6 is 0 Å². The van der Waals surface area contributed by atoms with Crippen molar-refractivity contribution in [1.82, 2.24) is 0 Å². The molecule has 0 atom stereocenters. The Morgan fingerprint density at radius 1 is 1.00 bits per heavy atom. The first-order valence-corrected chi connectivity index (χ1v) is 14.6. The minimum atomic E-state index is 0.263. The molecule has 0 bridgehead atoms. The molecule has 0 amide bonds. The Morgan fingerprint density at radius 2 is 1.61 bits per heavy atom. The van der Waals surface area contributed by atoms with Gasteiger partial charge in [-0.2, -0.15) is 0 Å². The van der Waals surface area contributed by atoms with Gasteiger partial charge in [-0.05, 0) is 0 Å². The Morgan fingerprint density at radius 3 is 2.17 bits per heavy atom. The zero-order chi connectivity index (χ0) is 17.1. The summed E-state index contributed by atoms with van der Waals surface area (Å²) in [6, 6.07) is 4.83. The van der Waals surface area contributed by atoms with Gasteiger partial charge in [0.2, 0.25) is 0 Å². The summed E-state index contributed by atoms with van der Waals surface area (Å²) in [4.78, 5) is 0. The Balaban J connectivity index is 2.27. The van der Waals surface area contributed by atoms with Gasteiger partial charge in [-0.1, -0.05) is 0 Å². The van der Waals surface area contributed by atoms with Crippen molar-refractivity contribution in [2.75, 3.05) is 6.61 Å². The number of unbranched alkanes of at least 4 members (excludes halogenated alkanes) is 3. The molecule has 0 unspecified atom stereocenters. The molecule has 23 heavy (non-hydrogen) atoms. The van der Waals surface area contributed by atoms with E-state index in [-0.39, 0.29) is 10.8 Å². The van der Waals surface area contributed by atoms with Gasteiger partial charge in [0.25, 0.3) is 0 Å². The van der Waals surface area contributed by atoms with E-state index in [2.05, 4.69) is 60.9 Å². The number of fused-ring (bicyclic) bond motifs is 1. The van der Waals surface area contributed by atoms with Gasteiger partial charge in [-0.15, -0.1) is 0 Å². The number of ether oxygens (including phenoxy) is 1. The third kappa shape index (κ3) is 4.57. The number of rotatable bonds is 7. The van der Waals surface area contributed by atoms with E-state index in [0.717, 1.165) is 12.4 Å². The topological polar surface area (TPSA) is 9.23 Å². The fraction of sp³-hybridized carbons (Fsp3) is 0.700. The van der Waals surface area contributed by atoms with Crippen LogP contribution in [0.4, 0.5) is 0 Å². The second-order valence-corrected chi connectivity index (χ2v) is 11.4. The molecule has 130 valence electrons. The van der Waals surface area contributed by atoms with Crippen molar-refractivity contribution in [1.29, 1.82) is 0 Å². The maximum atomic E-state index is 6.21. The van der Waals surface area contributed by atoms with Crippen LogP contribution in [0.2, 0.25) is 0 Å². The van der Waals surface area contributed by atoms with Crippen molar-refractivity contribution in [3.8, 4) is 5.75 Å². The first kappa shape index (κ1) is 19.4. The van der Waals surface area contributed by atoms with Crippen molar-refractivity contribution in [2.45, 2.75) is 84.0 Å². The summed E-state index contributed by atoms with van der Waals surface area (Å²) in [6.45, 7) is 12.7. The predicted molar refractivity (Wildman–Crippen MR) is 104 cm³/mol. The van der Waals surface area contributed by atoms with Crippen molar-refractivity contribution in [3.05, 3.63) is 23.3 Å². The van der Waals surface area contributed by atoms with Gasteiger partial charge >= 0.3 is 156 Å². The zero-order valence-corrected chi connectivity index (χ0v) is 19.0. The van der Waals surface area contributed by atoms with Gasteiger partial charge in [-0.25, -0.2) is 0 Å². The summed E-state index contributed by atoms with van der Waals surface area (Å²) in [6.07, 6.45) is 7.58. The normalized spacial score (nSPS) is 18.5. The van der Waals surface area contributed by atoms with Crippen LogP contribution in [-0.2, 0) is 10.8 Å². The molecular formula is C20H32OSe2. The second kappa shape index (κ2) is 7.96. The van der Waals surface area contributed by atoms with E-state index in [1.165, 1.54) is 48.6 Å². The molecule has 1 nitrogen and oxygen atoms in total. The number of hydrogen-bond donors (Lipinski definition) is 0. The number of benzene rings is 1. The molecule has 0 saturated carbocycles. The van der Waals surface area contributed by atoms with E-state index in [4.69, 9.17) is 4.74 Å². The molecule has 1 aromatic carbocycles. The van der Waals surface area contributed by atoms with Crippen molar-refractivity contribution < 1.29 is 4.74 Å². The van der Waals surface area contributed by atoms with Crippen LogP contribution in [0, 0.1) is 0 Å². The second-order valence-electron chi connectivity index (χ2n) is 8.11. The molecule has 0 aromatic heterocycles. The van der Waals surface area contributed by atoms with Crippen LogP contribution < -0.4 is 9.20 Å². The fourth-order valence-electron chi connectivity index (χ4n) is 3.47. The molecule has 1 aromatic rings. The summed E-state index contributed by atoms with van der Waals surface area (Å²) >= 11 is 3.19. The van der Waals surface area contributed by atoms with Gasteiger partial charge < -0.3 is 0 Å². The Bertz CT molecular complexity index is 535. The van der Waals surface area contributed by atoms with Gasteiger partial charge in [0.05, 0.1) is 0 Å². The molecule has 0 aliphatic heterocycles. The zero-order valence-electron chi connectivity index (χ0n) is 15.4. The standard InChI is InChI=1S/C20H32OSe2/c1-6-7-8-9-12-21-17-13-15-16(14-18(17)23-22)20(4,5)11-10-19(15,2)3/h13-14,22H,6-12H2,1-5H3. The van der Waals surface area contributed by atoms with Gasteiger partial charge in [0, 0.05) is 0 Å². The van der Waals surface area contributed by atoms with E-state index >= 15 is 0 Å². The fourth-order valence-corrected chi connectivity index (χ4v) is 5.82. The summed E-state index contributed by atoms with van der Waals surface area (Å²) in [5, 5.41) is 0. The minimum absolute atomic E-state index is 0.263. The van der Waals surface area contributed by atoms with E-state index < -0.39 is 0 Å². The van der Waals surface area contributed by atoms with E-state index in [1.807, 2.05) is 0 Å². The van der Waals surface area contributed by atoms with Crippen LogP contribution in [0.3, 0.4) is 0 Å². The van der Waals surface area contributed by atoms with Gasteiger partial charge in [-0.3, -0.25) is 0 Å². The van der Waals surface area contributed by atoms with E-state index in [9.17, 15) is 0 Å². The van der Waals surface area contributed by atoms with Crippen LogP contribution in [0.25, 0.3) is 0 Å². The van der Waals surface area contributed by atoms with Gasteiger partial charge in [0.15, 0.2) is 0 Å². The average molecular weight is 446 g/mol. The third-order valence-electron chi connectivity index (χ3n) is 5.27. The molecule has 3 heteroatoms. The Labute approximate surface area is 155 Å². The molecule has 1 aliphatic rings. The SMILES string of the molecule is CCCCCCOc1cc2c(cc1[Se][SeH])C(C)(C)CCC2(C)C. The summed E-state index contributed by atoms with van der Waals surface area (Å²) in [5.74, 6) is 1.15. The quantitative estimate of drug-likeness (QED) is 0.452. The number of hydrogen-bond acceptors (Lipinski definition) is 1. The predicted octanol–water partition coefficient (Wildman–Crippen LogP) is 4.14. The first-order chi connectivity index (χ1) is 10.8. The molecule has 0 spiro atoms. The third-order valence-corrected chi connectivity index (χ3v) is 8.50. The van der Waals surface area contributed by atoms with Crippen LogP contribution in [0.5, 0.6) is 5.75 Å². The van der Waals surface area contributed by atoms with Crippen molar-refractivity contribution in [3.63, 3.8) is 0 Å². The molecule has 0 heterocycles. The summed E-state index contributed by atoms with van der Waals surface area (Å²) in [7, 11) is 0. The van der Waals surface area contributed by atoms with Crippen LogP contribution in [-0.4, -0.2) is 33.9 Å².